The molecule has 2 rings (SSSR count). The molecule has 0 N–H and O–H groups in total. The lowest BCUT2D eigenvalue weighted by Gasteiger charge is -1.99. The lowest BCUT2D eigenvalue weighted by molar-refractivity contribution is 0.507. The van der Waals surface area contributed by atoms with Crippen molar-refractivity contribution >= 4 is 11.3 Å². The molecule has 15 heavy (non-hydrogen) atoms. The fourth-order valence-electron chi connectivity index (χ4n) is 1.48. The lowest BCUT2D eigenvalue weighted by atomic mass is 10.1. The van der Waals surface area contributed by atoms with Crippen molar-refractivity contribution in [3.05, 3.63) is 57.3 Å². The second-order valence-electron chi connectivity index (χ2n) is 3.49. The van der Waals surface area contributed by atoms with Crippen LogP contribution in [0.4, 0.5) is 8.78 Å². The molecule has 0 unspecified atom stereocenters. The molecule has 0 bridgehead atoms. The van der Waals surface area contributed by atoms with Crippen molar-refractivity contribution in [2.45, 2.75) is 13.3 Å². The second-order valence-corrected chi connectivity index (χ2v) is 4.61. The third-order valence-corrected chi connectivity index (χ3v) is 3.09. The summed E-state index contributed by atoms with van der Waals surface area (Å²) in [7, 11) is 0. The minimum Gasteiger partial charge on any atom is -0.204 e. The van der Waals surface area contributed by atoms with Crippen LogP contribution in [0.5, 0.6) is 0 Å². The van der Waals surface area contributed by atoms with E-state index >= 15 is 0 Å². The Morgan fingerprint density at radius 1 is 1.07 bits per heavy atom. The van der Waals surface area contributed by atoms with E-state index in [4.69, 9.17) is 0 Å². The van der Waals surface area contributed by atoms with Gasteiger partial charge in [-0.25, -0.2) is 8.78 Å². The van der Waals surface area contributed by atoms with Gasteiger partial charge in [-0.1, -0.05) is 6.07 Å². The minimum atomic E-state index is -0.791. The summed E-state index contributed by atoms with van der Waals surface area (Å²) in [6.07, 6.45) is 0.654. The first-order valence-electron chi connectivity index (χ1n) is 4.63. The third-order valence-electron chi connectivity index (χ3n) is 2.18. The predicted octanol–water partition coefficient (Wildman–Crippen LogP) is 3.93. The Bertz CT molecular complexity index is 474. The first-order chi connectivity index (χ1) is 7.15. The summed E-state index contributed by atoms with van der Waals surface area (Å²) in [6.45, 7) is 2.03. The number of rotatable bonds is 2. The highest BCUT2D eigenvalue weighted by atomic mass is 32.1. The minimum absolute atomic E-state index is 0.654. The van der Waals surface area contributed by atoms with Gasteiger partial charge in [-0.05, 0) is 48.1 Å². The molecule has 0 aliphatic rings. The van der Waals surface area contributed by atoms with E-state index in [0.29, 0.717) is 6.42 Å². The molecular weight excluding hydrogens is 214 g/mol. The van der Waals surface area contributed by atoms with E-state index in [1.54, 1.807) is 17.4 Å². The smallest absolute Gasteiger partial charge is 0.159 e. The van der Waals surface area contributed by atoms with E-state index in [9.17, 15) is 8.78 Å². The topological polar surface area (TPSA) is 0 Å². The van der Waals surface area contributed by atoms with Gasteiger partial charge in [0, 0.05) is 4.88 Å². The van der Waals surface area contributed by atoms with E-state index < -0.39 is 11.6 Å². The van der Waals surface area contributed by atoms with Crippen molar-refractivity contribution in [1.82, 2.24) is 0 Å². The van der Waals surface area contributed by atoms with Gasteiger partial charge in [-0.2, -0.15) is 0 Å². The Balaban J connectivity index is 2.21. The maximum atomic E-state index is 12.9. The van der Waals surface area contributed by atoms with Crippen LogP contribution in [0.25, 0.3) is 0 Å². The lowest BCUT2D eigenvalue weighted by Crippen LogP contribution is -1.90. The van der Waals surface area contributed by atoms with Gasteiger partial charge in [0.05, 0.1) is 0 Å². The van der Waals surface area contributed by atoms with Crippen LogP contribution in [0, 0.1) is 18.6 Å². The van der Waals surface area contributed by atoms with Crippen molar-refractivity contribution in [3.8, 4) is 0 Å². The summed E-state index contributed by atoms with van der Waals surface area (Å²) < 4.78 is 25.6. The van der Waals surface area contributed by atoms with Gasteiger partial charge in [0.15, 0.2) is 11.6 Å². The highest BCUT2D eigenvalue weighted by molar-refractivity contribution is 7.10. The molecular formula is C12H10F2S. The molecule has 0 aliphatic carbocycles. The summed E-state index contributed by atoms with van der Waals surface area (Å²) in [4.78, 5) is 1.23. The molecule has 1 heterocycles. The first-order valence-corrected chi connectivity index (χ1v) is 5.51. The summed E-state index contributed by atoms with van der Waals surface area (Å²) in [5.74, 6) is -1.57. The van der Waals surface area contributed by atoms with Crippen LogP contribution in [-0.4, -0.2) is 0 Å². The van der Waals surface area contributed by atoms with E-state index in [2.05, 4.69) is 6.07 Å². The molecule has 0 spiro atoms. The van der Waals surface area contributed by atoms with Crippen LogP contribution in [0.15, 0.2) is 29.6 Å². The van der Waals surface area contributed by atoms with E-state index in [1.807, 2.05) is 12.3 Å². The standard InChI is InChI=1S/C12H10F2S/c1-8-4-10(7-15-8)5-9-2-3-11(13)12(14)6-9/h2-4,6-7H,5H2,1H3. The summed E-state index contributed by atoms with van der Waals surface area (Å²) in [6, 6.07) is 6.10. The Labute approximate surface area is 91.2 Å². The SMILES string of the molecule is Cc1cc(Cc2ccc(F)c(F)c2)cs1. The Morgan fingerprint density at radius 2 is 1.87 bits per heavy atom. The van der Waals surface area contributed by atoms with E-state index in [0.717, 1.165) is 11.1 Å². The number of aryl methyl sites for hydroxylation is 1. The van der Waals surface area contributed by atoms with Crippen LogP contribution >= 0.6 is 11.3 Å². The van der Waals surface area contributed by atoms with Crippen LogP contribution < -0.4 is 0 Å². The fourth-order valence-corrected chi connectivity index (χ4v) is 2.18. The monoisotopic (exact) mass is 224 g/mol. The number of hydrogen-bond donors (Lipinski definition) is 0. The molecule has 0 saturated heterocycles. The number of halogens is 2. The van der Waals surface area contributed by atoms with Crippen LogP contribution in [0.3, 0.4) is 0 Å². The zero-order chi connectivity index (χ0) is 10.8. The number of hydrogen-bond acceptors (Lipinski definition) is 1. The van der Waals surface area contributed by atoms with Gasteiger partial charge < -0.3 is 0 Å². The van der Waals surface area contributed by atoms with Gasteiger partial charge >= 0.3 is 0 Å². The summed E-state index contributed by atoms with van der Waals surface area (Å²) >= 11 is 1.66. The second kappa shape index (κ2) is 4.11. The maximum absolute atomic E-state index is 12.9. The molecule has 0 fully saturated rings. The molecule has 1 aromatic heterocycles. The van der Waals surface area contributed by atoms with Crippen molar-refractivity contribution in [2.75, 3.05) is 0 Å². The molecule has 0 radical (unpaired) electrons. The molecule has 2 aromatic rings. The van der Waals surface area contributed by atoms with Crippen LogP contribution in [-0.2, 0) is 6.42 Å². The van der Waals surface area contributed by atoms with Crippen molar-refractivity contribution in [2.24, 2.45) is 0 Å². The summed E-state index contributed by atoms with van der Waals surface area (Å²) in [5.41, 5.74) is 1.94. The van der Waals surface area contributed by atoms with Gasteiger partial charge in [-0.3, -0.25) is 0 Å². The quantitative estimate of drug-likeness (QED) is 0.725. The third kappa shape index (κ3) is 2.42. The highest BCUT2D eigenvalue weighted by Crippen LogP contribution is 2.18. The maximum Gasteiger partial charge on any atom is 0.159 e. The Kier molecular flexibility index (Phi) is 2.82. The Hall–Kier alpha value is -1.22. The van der Waals surface area contributed by atoms with Crippen LogP contribution in [0.1, 0.15) is 16.0 Å². The average molecular weight is 224 g/mol. The molecule has 0 atom stereocenters. The zero-order valence-corrected chi connectivity index (χ0v) is 9.07. The molecule has 3 heteroatoms. The Morgan fingerprint density at radius 3 is 2.47 bits per heavy atom. The number of benzene rings is 1. The van der Waals surface area contributed by atoms with Gasteiger partial charge in [0.1, 0.15) is 0 Å². The van der Waals surface area contributed by atoms with Crippen molar-refractivity contribution < 1.29 is 8.78 Å². The molecule has 1 aromatic carbocycles. The van der Waals surface area contributed by atoms with Gasteiger partial charge in [0.25, 0.3) is 0 Å². The zero-order valence-electron chi connectivity index (χ0n) is 8.26. The van der Waals surface area contributed by atoms with E-state index in [-0.39, 0.29) is 0 Å². The number of thiophene rings is 1. The predicted molar refractivity (Wildman–Crippen MR) is 58.2 cm³/mol. The van der Waals surface area contributed by atoms with E-state index in [1.165, 1.54) is 17.0 Å². The van der Waals surface area contributed by atoms with Crippen molar-refractivity contribution in [3.63, 3.8) is 0 Å². The highest BCUT2D eigenvalue weighted by Gasteiger charge is 2.04. The largest absolute Gasteiger partial charge is 0.204 e. The molecule has 0 aliphatic heterocycles. The fraction of sp³-hybridized carbons (Fsp3) is 0.167. The average Bonchev–Trinajstić information content (AvgIpc) is 2.58. The molecule has 0 saturated carbocycles. The van der Waals surface area contributed by atoms with Gasteiger partial charge in [-0.15, -0.1) is 11.3 Å². The normalized spacial score (nSPS) is 10.6. The van der Waals surface area contributed by atoms with Crippen molar-refractivity contribution in [1.29, 1.82) is 0 Å². The van der Waals surface area contributed by atoms with Crippen LogP contribution in [0.2, 0.25) is 0 Å². The first kappa shape index (κ1) is 10.3. The molecule has 0 amide bonds. The summed E-state index contributed by atoms with van der Waals surface area (Å²) in [5, 5.41) is 2.04. The molecule has 0 nitrogen and oxygen atoms in total. The molecule has 78 valence electrons. The van der Waals surface area contributed by atoms with Gasteiger partial charge in [0.2, 0.25) is 0 Å².